The lowest BCUT2D eigenvalue weighted by Crippen LogP contribution is -2.71. The number of carbonyl (C=O) groups is 1. The summed E-state index contributed by atoms with van der Waals surface area (Å²) in [6.07, 6.45) is -11.7. The van der Waals surface area contributed by atoms with Crippen molar-refractivity contribution in [1.29, 1.82) is 0 Å². The van der Waals surface area contributed by atoms with Crippen LogP contribution in [0.25, 0.3) is 0 Å². The van der Waals surface area contributed by atoms with E-state index in [2.05, 4.69) is 9.15 Å². The first-order valence-electron chi connectivity index (χ1n) is 4.53. The van der Waals surface area contributed by atoms with E-state index in [0.29, 0.717) is 0 Å². The third-order valence-electron chi connectivity index (χ3n) is 2.01. The molecule has 1 aromatic rings. The molecule has 0 aliphatic carbocycles. The Bertz CT molecular complexity index is 419. The Morgan fingerprint density at radius 3 is 2.11 bits per heavy atom. The summed E-state index contributed by atoms with van der Waals surface area (Å²) in [5.41, 5.74) is -5.83. The molecule has 0 spiro atoms. The molecular weight excluding hydrogens is 286 g/mol. The van der Waals surface area contributed by atoms with Gasteiger partial charge in [0.2, 0.25) is 0 Å². The normalized spacial score (nSPS) is 13.4. The average molecular weight is 291 g/mol. The van der Waals surface area contributed by atoms with Gasteiger partial charge in [0, 0.05) is 0 Å². The topological polar surface area (TPSA) is 62.5 Å². The maximum atomic E-state index is 12.2. The summed E-state index contributed by atoms with van der Waals surface area (Å²) in [7, 11) is 0. The fourth-order valence-electron chi connectivity index (χ4n) is 1.03. The summed E-state index contributed by atoms with van der Waals surface area (Å²) in [5.74, 6) is -3.19. The van der Waals surface area contributed by atoms with E-state index in [0.717, 1.165) is 12.3 Å². The van der Waals surface area contributed by atoms with Crippen molar-refractivity contribution in [3.63, 3.8) is 0 Å². The molecule has 1 rings (SSSR count). The van der Waals surface area contributed by atoms with Gasteiger partial charge in [-0.05, 0) is 12.1 Å². The Morgan fingerprint density at radius 1 is 1.21 bits per heavy atom. The van der Waals surface area contributed by atoms with Crippen molar-refractivity contribution in [2.45, 2.75) is 24.6 Å². The van der Waals surface area contributed by atoms with E-state index in [9.17, 15) is 36.2 Å². The van der Waals surface area contributed by atoms with Crippen LogP contribution in [0.4, 0.5) is 26.3 Å². The quantitative estimate of drug-likeness (QED) is 0.626. The van der Waals surface area contributed by atoms with E-state index < -0.39 is 30.5 Å². The van der Waals surface area contributed by atoms with E-state index in [1.807, 2.05) is 0 Å². The highest BCUT2D eigenvalue weighted by molar-refractivity contribution is 5.81. The fraction of sp³-hybridized carbons (Fsp3) is 0.444. The molecule has 108 valence electrons. The molecule has 1 aromatic heterocycles. The Hall–Kier alpha value is -1.71. The summed E-state index contributed by atoms with van der Waals surface area (Å²) in [4.78, 5) is 10.8. The van der Waals surface area contributed by atoms with Crippen LogP contribution in [0.5, 0.6) is 0 Å². The second-order valence-corrected chi connectivity index (χ2v) is 3.33. The number of carbonyl (C=O) groups excluding carboxylic acids is 1. The van der Waals surface area contributed by atoms with Crippen molar-refractivity contribution in [1.82, 2.24) is 0 Å². The van der Waals surface area contributed by atoms with Gasteiger partial charge >= 0.3 is 18.3 Å². The molecule has 0 aliphatic heterocycles. The second kappa shape index (κ2) is 4.76. The molecule has 0 unspecified atom stereocenters. The van der Waals surface area contributed by atoms with Crippen LogP contribution in [0, 0.1) is 0 Å². The first-order valence-corrected chi connectivity index (χ1v) is 4.53. The molecule has 0 aromatic carbocycles. The molecule has 0 saturated heterocycles. The first-order chi connectivity index (χ1) is 8.50. The second-order valence-electron chi connectivity index (χ2n) is 3.33. The lowest BCUT2D eigenvalue weighted by atomic mass is 10.0. The molecule has 0 N–H and O–H groups in total. The minimum Gasteiger partial charge on any atom is -0.828 e. The molecule has 10 heteroatoms. The highest BCUT2D eigenvalue weighted by atomic mass is 19.4. The molecule has 0 fully saturated rings. The maximum Gasteiger partial charge on any atom is 0.399 e. The molecule has 1 heterocycles. The SMILES string of the molecule is O=C(OCc1ccco1)C([O-])(C(F)(F)F)C(F)(F)F. The van der Waals surface area contributed by atoms with E-state index in [1.165, 1.54) is 6.07 Å². The standard InChI is InChI=1S/C9H5F6O4/c10-8(11,12)7(17,9(13,14)15)6(16)19-4-5-2-1-3-18-5/h1-3H,4H2/q-1. The minimum atomic E-state index is -6.37. The molecule has 0 radical (unpaired) electrons. The zero-order valence-corrected chi connectivity index (χ0v) is 8.84. The Labute approximate surface area is 101 Å². The van der Waals surface area contributed by atoms with Crippen molar-refractivity contribution in [3.05, 3.63) is 24.2 Å². The number of ether oxygens (including phenoxy) is 1. The van der Waals surface area contributed by atoms with Gasteiger partial charge in [0.1, 0.15) is 12.4 Å². The number of furan rings is 1. The molecule has 0 amide bonds. The van der Waals surface area contributed by atoms with Gasteiger partial charge in [-0.1, -0.05) is 0 Å². The number of esters is 1. The average Bonchev–Trinajstić information content (AvgIpc) is 2.74. The smallest absolute Gasteiger partial charge is 0.399 e. The van der Waals surface area contributed by atoms with Crippen molar-refractivity contribution < 1.29 is 45.4 Å². The molecule has 19 heavy (non-hydrogen) atoms. The third kappa shape index (κ3) is 2.83. The van der Waals surface area contributed by atoms with Crippen LogP contribution in [0.2, 0.25) is 0 Å². The molecule has 0 atom stereocenters. The van der Waals surface area contributed by atoms with Crippen LogP contribution < -0.4 is 5.11 Å². The fourth-order valence-corrected chi connectivity index (χ4v) is 1.03. The summed E-state index contributed by atoms with van der Waals surface area (Å²) in [6.45, 7) is -1.01. The van der Waals surface area contributed by atoms with Gasteiger partial charge in [-0.25, -0.2) is 0 Å². The van der Waals surface area contributed by atoms with Gasteiger partial charge in [0.15, 0.2) is 5.60 Å². The monoisotopic (exact) mass is 291 g/mol. The van der Waals surface area contributed by atoms with Gasteiger partial charge in [-0.3, -0.25) is 4.79 Å². The number of alkyl halides is 6. The van der Waals surface area contributed by atoms with Crippen LogP contribution in [0.1, 0.15) is 5.76 Å². The lowest BCUT2D eigenvalue weighted by Gasteiger charge is -2.39. The van der Waals surface area contributed by atoms with Crippen LogP contribution in [-0.4, -0.2) is 23.9 Å². The van der Waals surface area contributed by atoms with Crippen molar-refractivity contribution in [2.75, 3.05) is 0 Å². The zero-order valence-electron chi connectivity index (χ0n) is 8.84. The van der Waals surface area contributed by atoms with Crippen LogP contribution in [0.3, 0.4) is 0 Å². The molecule has 0 aliphatic rings. The third-order valence-corrected chi connectivity index (χ3v) is 2.01. The predicted octanol–water partition coefficient (Wildman–Crippen LogP) is 1.55. The predicted molar refractivity (Wildman–Crippen MR) is 43.3 cm³/mol. The first kappa shape index (κ1) is 15.3. The molecule has 0 bridgehead atoms. The maximum absolute atomic E-state index is 12.2. The summed E-state index contributed by atoms with van der Waals surface area (Å²) in [5, 5.41) is 10.8. The van der Waals surface area contributed by atoms with Gasteiger partial charge in [-0.15, -0.1) is 0 Å². The Kier molecular flexibility index (Phi) is 3.84. The summed E-state index contributed by atoms with van der Waals surface area (Å²) in [6, 6.07) is 2.40. The highest BCUT2D eigenvalue weighted by Crippen LogP contribution is 2.41. The highest BCUT2D eigenvalue weighted by Gasteiger charge is 2.68. The number of halogens is 6. The number of hydrogen-bond acceptors (Lipinski definition) is 4. The zero-order chi connectivity index (χ0) is 14.9. The molecular formula is C9H5F6O4-. The summed E-state index contributed by atoms with van der Waals surface area (Å²) < 4.78 is 81.2. The van der Waals surface area contributed by atoms with Crippen molar-refractivity contribution in [3.8, 4) is 0 Å². The van der Waals surface area contributed by atoms with Crippen LogP contribution in [0.15, 0.2) is 22.8 Å². The molecule has 4 nitrogen and oxygen atoms in total. The van der Waals surface area contributed by atoms with Gasteiger partial charge in [0.05, 0.1) is 6.26 Å². The Balaban J connectivity index is 2.91. The largest absolute Gasteiger partial charge is 0.828 e. The van der Waals surface area contributed by atoms with Gasteiger partial charge < -0.3 is 14.3 Å². The van der Waals surface area contributed by atoms with E-state index >= 15 is 0 Å². The Morgan fingerprint density at radius 2 is 1.74 bits per heavy atom. The van der Waals surface area contributed by atoms with E-state index in [4.69, 9.17) is 0 Å². The molecule has 0 saturated carbocycles. The van der Waals surface area contributed by atoms with E-state index in [1.54, 1.807) is 0 Å². The van der Waals surface area contributed by atoms with Crippen molar-refractivity contribution >= 4 is 5.97 Å². The van der Waals surface area contributed by atoms with E-state index in [-0.39, 0.29) is 5.76 Å². The lowest BCUT2D eigenvalue weighted by molar-refractivity contribution is -0.574. The van der Waals surface area contributed by atoms with Crippen molar-refractivity contribution in [2.24, 2.45) is 0 Å². The summed E-state index contributed by atoms with van der Waals surface area (Å²) >= 11 is 0. The number of hydrogen-bond donors (Lipinski definition) is 0. The minimum absolute atomic E-state index is 0.208. The van der Waals surface area contributed by atoms with Crippen LogP contribution >= 0.6 is 0 Å². The number of rotatable bonds is 3. The van der Waals surface area contributed by atoms with Gasteiger partial charge in [-0.2, -0.15) is 26.3 Å². The van der Waals surface area contributed by atoms with Gasteiger partial charge in [0.25, 0.3) is 0 Å². The van der Waals surface area contributed by atoms with Crippen LogP contribution in [-0.2, 0) is 16.1 Å².